The molecule has 1 amide bonds. The first kappa shape index (κ1) is 15.9. The van der Waals surface area contributed by atoms with Gasteiger partial charge in [0.15, 0.2) is 11.5 Å². The standard InChI is InChI=1S/C14H12F2N2O3S/c1-20-11-7-9(4-5-10(11)21-14(15)16)8-17-18-13(19)12-3-2-6-22-12/h2-8,14H,1H3,(H,18,19)/b17-8-. The molecular formula is C14H12F2N2O3S. The second-order valence-corrected chi connectivity index (χ2v) is 4.91. The molecule has 1 aromatic carbocycles. The van der Waals surface area contributed by atoms with Gasteiger partial charge in [-0.1, -0.05) is 6.07 Å². The zero-order chi connectivity index (χ0) is 15.9. The van der Waals surface area contributed by atoms with Gasteiger partial charge in [0.1, 0.15) is 0 Å². The fourth-order valence-electron chi connectivity index (χ4n) is 1.59. The molecule has 2 aromatic rings. The average Bonchev–Trinajstić information content (AvgIpc) is 3.02. The predicted molar refractivity (Wildman–Crippen MR) is 79.0 cm³/mol. The number of methoxy groups -OCH3 is 1. The number of benzene rings is 1. The topological polar surface area (TPSA) is 59.9 Å². The van der Waals surface area contributed by atoms with E-state index in [4.69, 9.17) is 4.74 Å². The van der Waals surface area contributed by atoms with Crippen LogP contribution in [0.5, 0.6) is 11.5 Å². The number of halogens is 2. The van der Waals surface area contributed by atoms with Crippen LogP contribution in [0.2, 0.25) is 0 Å². The number of ether oxygens (including phenoxy) is 2. The highest BCUT2D eigenvalue weighted by Gasteiger charge is 2.10. The van der Waals surface area contributed by atoms with E-state index in [0.717, 1.165) is 0 Å². The van der Waals surface area contributed by atoms with Gasteiger partial charge in [-0.15, -0.1) is 11.3 Å². The molecule has 1 heterocycles. The van der Waals surface area contributed by atoms with Crippen molar-refractivity contribution in [2.45, 2.75) is 6.61 Å². The molecular weight excluding hydrogens is 314 g/mol. The van der Waals surface area contributed by atoms with E-state index in [1.165, 1.54) is 42.9 Å². The first-order valence-electron chi connectivity index (χ1n) is 6.10. The molecule has 0 atom stereocenters. The molecule has 2 rings (SSSR count). The maximum absolute atomic E-state index is 12.2. The van der Waals surface area contributed by atoms with Gasteiger partial charge < -0.3 is 9.47 Å². The molecule has 0 bridgehead atoms. The van der Waals surface area contributed by atoms with Gasteiger partial charge in [-0.2, -0.15) is 13.9 Å². The lowest BCUT2D eigenvalue weighted by molar-refractivity contribution is -0.0512. The lowest BCUT2D eigenvalue weighted by atomic mass is 10.2. The third kappa shape index (κ3) is 4.26. The minimum absolute atomic E-state index is 0.0720. The number of hydrazone groups is 1. The molecule has 8 heteroatoms. The lowest BCUT2D eigenvalue weighted by Crippen LogP contribution is -2.16. The Bertz CT molecular complexity index is 660. The second-order valence-electron chi connectivity index (χ2n) is 3.97. The smallest absolute Gasteiger partial charge is 0.387 e. The normalized spacial score (nSPS) is 10.9. The summed E-state index contributed by atoms with van der Waals surface area (Å²) in [6.07, 6.45) is 1.38. The number of hydrogen-bond donors (Lipinski definition) is 1. The Kier molecular flexibility index (Phi) is 5.42. The van der Waals surface area contributed by atoms with Gasteiger partial charge in [-0.25, -0.2) is 5.43 Å². The molecule has 0 spiro atoms. The maximum Gasteiger partial charge on any atom is 0.387 e. The van der Waals surface area contributed by atoms with Gasteiger partial charge in [0, 0.05) is 0 Å². The maximum atomic E-state index is 12.2. The zero-order valence-electron chi connectivity index (χ0n) is 11.5. The van der Waals surface area contributed by atoms with Crippen molar-refractivity contribution in [1.29, 1.82) is 0 Å². The van der Waals surface area contributed by atoms with Crippen LogP contribution >= 0.6 is 11.3 Å². The highest BCUT2D eigenvalue weighted by atomic mass is 32.1. The average molecular weight is 326 g/mol. The summed E-state index contributed by atoms with van der Waals surface area (Å²) in [4.78, 5) is 12.2. The van der Waals surface area contributed by atoms with Crippen molar-refractivity contribution in [2.75, 3.05) is 7.11 Å². The largest absolute Gasteiger partial charge is 0.493 e. The minimum atomic E-state index is -2.93. The summed E-state index contributed by atoms with van der Waals surface area (Å²) in [6.45, 7) is -2.93. The first-order chi connectivity index (χ1) is 10.6. The van der Waals surface area contributed by atoms with E-state index < -0.39 is 6.61 Å². The van der Waals surface area contributed by atoms with E-state index in [2.05, 4.69) is 15.3 Å². The molecule has 0 aliphatic carbocycles. The van der Waals surface area contributed by atoms with Gasteiger partial charge in [0.05, 0.1) is 18.2 Å². The number of amides is 1. The van der Waals surface area contributed by atoms with Crippen molar-refractivity contribution in [2.24, 2.45) is 5.10 Å². The van der Waals surface area contributed by atoms with E-state index in [-0.39, 0.29) is 17.4 Å². The SMILES string of the molecule is COc1cc(/C=N\NC(=O)c2cccs2)ccc1OC(F)F. The van der Waals surface area contributed by atoms with Gasteiger partial charge in [-0.3, -0.25) is 4.79 Å². The van der Waals surface area contributed by atoms with Crippen LogP contribution in [0.25, 0.3) is 0 Å². The van der Waals surface area contributed by atoms with Crippen molar-refractivity contribution >= 4 is 23.5 Å². The summed E-state index contributed by atoms with van der Waals surface area (Å²) in [6, 6.07) is 7.76. The fourth-order valence-corrected chi connectivity index (χ4v) is 2.20. The zero-order valence-corrected chi connectivity index (χ0v) is 12.3. The van der Waals surface area contributed by atoms with E-state index >= 15 is 0 Å². The summed E-state index contributed by atoms with van der Waals surface area (Å²) >= 11 is 1.30. The Morgan fingerprint density at radius 2 is 2.18 bits per heavy atom. The Morgan fingerprint density at radius 1 is 1.36 bits per heavy atom. The molecule has 0 aliphatic heterocycles. The van der Waals surface area contributed by atoms with Crippen molar-refractivity contribution in [3.05, 3.63) is 46.2 Å². The van der Waals surface area contributed by atoms with Crippen LogP contribution in [0.15, 0.2) is 40.8 Å². The van der Waals surface area contributed by atoms with Crippen LogP contribution in [-0.2, 0) is 0 Å². The van der Waals surface area contributed by atoms with Crippen molar-refractivity contribution in [3.8, 4) is 11.5 Å². The number of rotatable bonds is 6. The quantitative estimate of drug-likeness (QED) is 0.655. The molecule has 1 N–H and O–H groups in total. The minimum Gasteiger partial charge on any atom is -0.493 e. The molecule has 0 radical (unpaired) electrons. The summed E-state index contributed by atoms with van der Waals surface area (Å²) < 4.78 is 33.7. The van der Waals surface area contributed by atoms with Crippen LogP contribution in [0.1, 0.15) is 15.2 Å². The number of carbonyl (C=O) groups excluding carboxylic acids is 1. The fraction of sp³-hybridized carbons (Fsp3) is 0.143. The molecule has 22 heavy (non-hydrogen) atoms. The number of thiophene rings is 1. The molecule has 0 saturated carbocycles. The Hall–Kier alpha value is -2.48. The molecule has 1 aromatic heterocycles. The third-order valence-corrected chi connectivity index (χ3v) is 3.40. The number of carbonyl (C=O) groups is 1. The van der Waals surface area contributed by atoms with Gasteiger partial charge in [-0.05, 0) is 35.2 Å². The monoisotopic (exact) mass is 326 g/mol. The van der Waals surface area contributed by atoms with Crippen LogP contribution in [-0.4, -0.2) is 25.8 Å². The third-order valence-electron chi connectivity index (χ3n) is 2.53. The van der Waals surface area contributed by atoms with Crippen molar-refractivity contribution < 1.29 is 23.0 Å². The number of alkyl halides is 2. The van der Waals surface area contributed by atoms with E-state index in [1.54, 1.807) is 17.5 Å². The summed E-state index contributed by atoms with van der Waals surface area (Å²) in [7, 11) is 1.34. The highest BCUT2D eigenvalue weighted by Crippen LogP contribution is 2.28. The Balaban J connectivity index is 2.03. The Labute approximate surface area is 129 Å². The predicted octanol–water partition coefficient (Wildman–Crippen LogP) is 3.12. The van der Waals surface area contributed by atoms with Crippen molar-refractivity contribution in [1.82, 2.24) is 5.43 Å². The summed E-state index contributed by atoms with van der Waals surface area (Å²) in [5.41, 5.74) is 2.93. The first-order valence-corrected chi connectivity index (χ1v) is 6.98. The number of nitrogens with one attached hydrogen (secondary N) is 1. The molecule has 5 nitrogen and oxygen atoms in total. The molecule has 116 valence electrons. The Morgan fingerprint density at radius 3 is 2.82 bits per heavy atom. The van der Waals surface area contributed by atoms with Crippen LogP contribution in [0.4, 0.5) is 8.78 Å². The van der Waals surface area contributed by atoms with Gasteiger partial charge >= 0.3 is 6.61 Å². The van der Waals surface area contributed by atoms with Gasteiger partial charge in [0.25, 0.3) is 5.91 Å². The molecule has 0 unspecified atom stereocenters. The highest BCUT2D eigenvalue weighted by molar-refractivity contribution is 7.12. The van der Waals surface area contributed by atoms with E-state index in [9.17, 15) is 13.6 Å². The molecule has 0 saturated heterocycles. The van der Waals surface area contributed by atoms with E-state index in [0.29, 0.717) is 10.4 Å². The van der Waals surface area contributed by atoms with Crippen molar-refractivity contribution in [3.63, 3.8) is 0 Å². The van der Waals surface area contributed by atoms with Gasteiger partial charge in [0.2, 0.25) is 0 Å². The van der Waals surface area contributed by atoms with Crippen LogP contribution in [0.3, 0.4) is 0 Å². The summed E-state index contributed by atoms with van der Waals surface area (Å²) in [5.74, 6) is -0.248. The summed E-state index contributed by atoms with van der Waals surface area (Å²) in [5, 5.41) is 5.58. The number of nitrogens with zero attached hydrogens (tertiary/aromatic N) is 1. The van der Waals surface area contributed by atoms with E-state index in [1.807, 2.05) is 0 Å². The lowest BCUT2D eigenvalue weighted by Gasteiger charge is -2.09. The van der Waals surface area contributed by atoms with Crippen LogP contribution in [0, 0.1) is 0 Å². The van der Waals surface area contributed by atoms with Crippen LogP contribution < -0.4 is 14.9 Å². The molecule has 0 aliphatic rings. The number of hydrogen-bond acceptors (Lipinski definition) is 5. The second kappa shape index (κ2) is 7.51. The molecule has 0 fully saturated rings.